The Bertz CT molecular complexity index is 4100. The molecular weight excluding hydrogens is 939 g/mol. The first-order valence-corrected chi connectivity index (χ1v) is 25.1. The van der Waals surface area contributed by atoms with E-state index in [2.05, 4.69) is 204 Å². The molecule has 73 heavy (non-hydrogen) atoms. The van der Waals surface area contributed by atoms with Crippen LogP contribution < -0.4 is 9.97 Å². The number of aromatic nitrogens is 8. The van der Waals surface area contributed by atoms with Crippen molar-refractivity contribution in [2.75, 3.05) is 0 Å². The van der Waals surface area contributed by atoms with E-state index in [9.17, 15) is 0 Å². The molecule has 9 heteroatoms. The maximum Gasteiger partial charge on any atom is 2.00 e. The molecular formula is C64H56N8Ni. The summed E-state index contributed by atoms with van der Waals surface area (Å²) in [6, 6.07) is 44.6. The van der Waals surface area contributed by atoms with E-state index in [4.69, 9.17) is 39.9 Å². The van der Waals surface area contributed by atoms with Gasteiger partial charge in [0.25, 0.3) is 0 Å². The summed E-state index contributed by atoms with van der Waals surface area (Å²) in [5.41, 5.74) is 10.6. The number of fused-ring (bicyclic) bond motifs is 24. The Balaban J connectivity index is 0.00000543. The monoisotopic (exact) mass is 994 g/mol. The fourth-order valence-electron chi connectivity index (χ4n) is 10.5. The van der Waals surface area contributed by atoms with Crippen LogP contribution in [0.1, 0.15) is 105 Å². The van der Waals surface area contributed by atoms with E-state index < -0.39 is 0 Å². The molecule has 8 nitrogen and oxygen atoms in total. The molecule has 0 spiro atoms. The van der Waals surface area contributed by atoms with E-state index in [1.165, 1.54) is 22.3 Å². The summed E-state index contributed by atoms with van der Waals surface area (Å²) in [6.45, 7) is 27.0. The minimum atomic E-state index is -0.0320. The zero-order valence-electron chi connectivity index (χ0n) is 43.4. The van der Waals surface area contributed by atoms with Crippen molar-refractivity contribution >= 4 is 87.2 Å². The minimum absolute atomic E-state index is 0. The second kappa shape index (κ2) is 15.8. The molecule has 2 aliphatic heterocycles. The van der Waals surface area contributed by atoms with Crippen LogP contribution in [0.15, 0.2) is 121 Å². The SMILES string of the molecule is CC(C)(C)c1ccc2cc3c(cc2c1)-c1nc-3nc2[n-]c(nc3nc(nc4[n-]c(n1)c1cc5ccc(C(C)(C)C)cc5cc41)-c1cc4ccc(C(C)(C)C)cc4cc1-3)c1cc3ccc(C(C)(C)C)cc3cc21.[Ni+2]. The average Bonchev–Trinajstić information content (AvgIpc) is 4.04. The third-order valence-corrected chi connectivity index (χ3v) is 15.0. The molecule has 5 heterocycles. The zero-order valence-corrected chi connectivity index (χ0v) is 44.4. The minimum Gasteiger partial charge on any atom is -0.357 e. The maximum atomic E-state index is 5.43. The van der Waals surface area contributed by atoms with Gasteiger partial charge in [-0.2, -0.15) is 0 Å². The molecule has 0 atom stereocenters. The summed E-state index contributed by atoms with van der Waals surface area (Å²) < 4.78 is 0. The fourth-order valence-corrected chi connectivity index (χ4v) is 10.5. The van der Waals surface area contributed by atoms with Gasteiger partial charge in [0.05, 0.1) is 23.3 Å². The Hall–Kier alpha value is -7.35. The van der Waals surface area contributed by atoms with E-state index in [0.717, 1.165) is 86.9 Å². The van der Waals surface area contributed by atoms with Crippen molar-refractivity contribution in [1.82, 2.24) is 39.9 Å². The van der Waals surface area contributed by atoms with E-state index in [1.54, 1.807) is 0 Å². The van der Waals surface area contributed by atoms with Gasteiger partial charge in [0.15, 0.2) is 0 Å². The Morgan fingerprint density at radius 2 is 0.479 bits per heavy atom. The van der Waals surface area contributed by atoms with Crippen molar-refractivity contribution in [3.05, 3.63) is 144 Å². The summed E-state index contributed by atoms with van der Waals surface area (Å²) in [5.74, 6) is 2.14. The van der Waals surface area contributed by atoms with Crippen molar-refractivity contribution in [3.63, 3.8) is 0 Å². The van der Waals surface area contributed by atoms with Gasteiger partial charge in [0.2, 0.25) is 0 Å². The summed E-state index contributed by atoms with van der Waals surface area (Å²) in [5, 5.41) is 12.4. The van der Waals surface area contributed by atoms with Crippen molar-refractivity contribution in [2.45, 2.75) is 105 Å². The topological polar surface area (TPSA) is 106 Å². The van der Waals surface area contributed by atoms with Crippen molar-refractivity contribution in [2.24, 2.45) is 0 Å². The molecule has 0 aliphatic carbocycles. The Morgan fingerprint density at radius 1 is 0.260 bits per heavy atom. The van der Waals surface area contributed by atoms with Crippen LogP contribution in [0.5, 0.6) is 0 Å². The molecule has 0 amide bonds. The molecule has 2 aliphatic rings. The summed E-state index contributed by atoms with van der Waals surface area (Å²) in [6.07, 6.45) is 0. The van der Waals surface area contributed by atoms with Gasteiger partial charge < -0.3 is 29.9 Å². The zero-order chi connectivity index (χ0) is 50.0. The number of nitrogens with zero attached hydrogens (tertiary/aromatic N) is 8. The van der Waals surface area contributed by atoms with Crippen LogP contribution in [0.4, 0.5) is 0 Å². The van der Waals surface area contributed by atoms with Crippen LogP contribution in [0.3, 0.4) is 0 Å². The molecule has 0 N–H and O–H groups in total. The first kappa shape index (κ1) is 46.7. The van der Waals surface area contributed by atoms with Crippen molar-refractivity contribution in [1.29, 1.82) is 0 Å². The van der Waals surface area contributed by atoms with E-state index in [-0.39, 0.29) is 38.2 Å². The van der Waals surface area contributed by atoms with Crippen LogP contribution in [-0.4, -0.2) is 29.9 Å². The van der Waals surface area contributed by atoms with Crippen LogP contribution in [-0.2, 0) is 38.2 Å². The third-order valence-electron chi connectivity index (χ3n) is 15.0. The van der Waals surface area contributed by atoms with E-state index in [0.29, 0.717) is 45.9 Å². The first-order valence-electron chi connectivity index (χ1n) is 25.1. The van der Waals surface area contributed by atoms with Crippen LogP contribution in [0, 0.1) is 0 Å². The van der Waals surface area contributed by atoms with Crippen molar-refractivity contribution < 1.29 is 16.5 Å². The number of rotatable bonds is 0. The molecule has 8 aromatic carbocycles. The molecule has 8 bridgehead atoms. The molecule has 11 aromatic rings. The second-order valence-corrected chi connectivity index (χ2v) is 24.3. The van der Waals surface area contributed by atoms with Gasteiger partial charge in [-0.3, -0.25) is 0 Å². The summed E-state index contributed by atoms with van der Waals surface area (Å²) in [7, 11) is 0. The van der Waals surface area contributed by atoms with Gasteiger partial charge in [0.1, 0.15) is 0 Å². The number of hydrogen-bond donors (Lipinski definition) is 0. The molecule has 0 fully saturated rings. The second-order valence-electron chi connectivity index (χ2n) is 24.3. The number of benzene rings is 8. The molecule has 362 valence electrons. The first-order chi connectivity index (χ1) is 34.1. The van der Waals surface area contributed by atoms with Crippen molar-refractivity contribution in [3.8, 4) is 45.6 Å². The summed E-state index contributed by atoms with van der Waals surface area (Å²) in [4.78, 5) is 43.0. The van der Waals surface area contributed by atoms with Gasteiger partial charge >= 0.3 is 16.5 Å². The average molecular weight is 996 g/mol. The van der Waals surface area contributed by atoms with Crippen LogP contribution >= 0.6 is 0 Å². The van der Waals surface area contributed by atoms with E-state index in [1.807, 2.05) is 0 Å². The smallest absolute Gasteiger partial charge is 0.357 e. The summed E-state index contributed by atoms with van der Waals surface area (Å²) >= 11 is 0. The Morgan fingerprint density at radius 3 is 0.740 bits per heavy atom. The van der Waals surface area contributed by atoms with Gasteiger partial charge in [-0.15, -0.1) is 0 Å². The molecule has 0 saturated heterocycles. The predicted octanol–water partition coefficient (Wildman–Crippen LogP) is 15.9. The van der Waals surface area contributed by atoms with Crippen LogP contribution in [0.25, 0.3) is 133 Å². The molecule has 13 rings (SSSR count). The molecule has 3 aromatic heterocycles. The predicted molar refractivity (Wildman–Crippen MR) is 299 cm³/mol. The standard InChI is InChI=1S/C64H56N8.Ni/c1-61(2,3)41-17-13-33-25-45-49(29-37(33)21-41)57-65-53(45)70-58-51-31-39-23-43(63(7,8)9)19-15-35(39)27-47(51)55(67-58)72-60-52-32-40-24-44(64(10,11)12)20-16-36(40)28-48(52)56(68-60)71-59-50-30-38-22-42(62(4,5)6)18-14-34(38)26-46(50)54(66-59)69-57;/h13-32H,1-12H3;/q-2;+2. The molecule has 0 saturated carbocycles. The molecule has 0 unspecified atom stereocenters. The fraction of sp³-hybridized carbons (Fsp3) is 0.250. The van der Waals surface area contributed by atoms with E-state index >= 15 is 0 Å². The normalized spacial score (nSPS) is 13.1. The third kappa shape index (κ3) is 7.78. The van der Waals surface area contributed by atoms with Gasteiger partial charge in [-0.1, -0.05) is 156 Å². The largest absolute Gasteiger partial charge is 2.00 e. The van der Waals surface area contributed by atoms with Gasteiger partial charge in [-0.25, -0.2) is 9.97 Å². The quantitative estimate of drug-likeness (QED) is 0.138. The van der Waals surface area contributed by atoms with Crippen LogP contribution in [0.2, 0.25) is 0 Å². The Labute approximate surface area is 435 Å². The number of hydrogen-bond acceptors (Lipinski definition) is 6. The van der Waals surface area contributed by atoms with Gasteiger partial charge in [-0.05, 0) is 157 Å². The maximum absolute atomic E-state index is 5.43. The Kier molecular flexibility index (Phi) is 10.1. The van der Waals surface area contributed by atoms with Gasteiger partial charge in [0, 0.05) is 44.8 Å². The molecule has 0 radical (unpaired) electrons.